The summed E-state index contributed by atoms with van der Waals surface area (Å²) >= 11 is 1.28. The highest BCUT2D eigenvalue weighted by molar-refractivity contribution is 7.89. The van der Waals surface area contributed by atoms with Gasteiger partial charge in [0, 0.05) is 42.7 Å². The Balaban J connectivity index is 1.43. The molecule has 1 unspecified atom stereocenters. The summed E-state index contributed by atoms with van der Waals surface area (Å²) in [5, 5.41) is 7.62. The molecule has 0 aliphatic carbocycles. The Kier molecular flexibility index (Phi) is 7.68. The van der Waals surface area contributed by atoms with Crippen molar-refractivity contribution in [1.82, 2.24) is 19.0 Å². The second-order valence-electron chi connectivity index (χ2n) is 10.6. The first-order chi connectivity index (χ1) is 19.0. The number of nitrogens with one attached hydrogen (secondary N) is 1. The first-order valence-corrected chi connectivity index (χ1v) is 15.6. The van der Waals surface area contributed by atoms with Crippen molar-refractivity contribution in [2.75, 3.05) is 25.0 Å². The smallest absolute Gasteiger partial charge is 0.281 e. The molecule has 2 amide bonds. The predicted octanol–water partition coefficient (Wildman–Crippen LogP) is 3.83. The van der Waals surface area contributed by atoms with E-state index in [0.29, 0.717) is 60.5 Å². The van der Waals surface area contributed by atoms with Crippen LogP contribution in [0.4, 0.5) is 5.00 Å². The molecule has 1 aromatic carbocycles. The largest absolute Gasteiger partial charge is 0.337 e. The molecule has 0 bridgehead atoms. The van der Waals surface area contributed by atoms with Crippen LogP contribution in [0.5, 0.6) is 0 Å². The van der Waals surface area contributed by atoms with Crippen LogP contribution in [0.25, 0.3) is 0 Å². The Morgan fingerprint density at radius 1 is 1.10 bits per heavy atom. The summed E-state index contributed by atoms with van der Waals surface area (Å²) in [6.45, 7) is 8.99. The van der Waals surface area contributed by atoms with Crippen LogP contribution in [0.1, 0.15) is 69.2 Å². The van der Waals surface area contributed by atoms with Crippen molar-refractivity contribution in [2.45, 2.75) is 58.4 Å². The Labute approximate surface area is 238 Å². The monoisotopic (exact) mass is 583 g/mol. The van der Waals surface area contributed by atoms with Gasteiger partial charge in [-0.15, -0.1) is 11.3 Å². The fourth-order valence-corrected chi connectivity index (χ4v) is 8.24. The number of anilines is 1. The van der Waals surface area contributed by atoms with Gasteiger partial charge in [0.25, 0.3) is 11.8 Å². The van der Waals surface area contributed by atoms with Gasteiger partial charge in [-0.2, -0.15) is 9.40 Å². The van der Waals surface area contributed by atoms with E-state index in [4.69, 9.17) is 0 Å². The molecule has 212 valence electrons. The fourth-order valence-electron chi connectivity index (χ4n) is 5.39. The van der Waals surface area contributed by atoms with E-state index in [1.807, 2.05) is 19.9 Å². The van der Waals surface area contributed by atoms with Gasteiger partial charge in [0.05, 0.1) is 22.7 Å². The predicted molar refractivity (Wildman–Crippen MR) is 152 cm³/mol. The molecular formula is C28H33N5O5S2. The van der Waals surface area contributed by atoms with E-state index in [9.17, 15) is 22.8 Å². The number of benzene rings is 1. The number of carbonyl (C=O) groups excluding carboxylic acids is 3. The number of hydrogen-bond acceptors (Lipinski definition) is 7. The summed E-state index contributed by atoms with van der Waals surface area (Å²) in [6, 6.07) is 7.70. The lowest BCUT2D eigenvalue weighted by atomic mass is 10.0. The van der Waals surface area contributed by atoms with Crippen molar-refractivity contribution in [3.8, 4) is 0 Å². The van der Waals surface area contributed by atoms with Crippen molar-refractivity contribution < 1.29 is 22.8 Å². The molecule has 4 heterocycles. The molecule has 1 fully saturated rings. The third kappa shape index (κ3) is 5.35. The molecule has 3 aromatic rings. The molecule has 2 aromatic heterocycles. The van der Waals surface area contributed by atoms with Crippen molar-refractivity contribution in [2.24, 2.45) is 5.92 Å². The molecule has 1 saturated heterocycles. The number of thiophene rings is 1. The standard InChI is InChI=1S/C28H33N5O5S2/c1-17-6-5-12-32(15-17)40(37,38)22-9-7-21(8-10-22)26(35)29-27-25(28(36)33-19(3)14-18(2)30-33)23-11-13-31(20(4)34)16-24(23)39-27/h7-10,14,17H,5-6,11-13,15-16H2,1-4H3,(H,29,35). The number of aryl methyl sites for hydroxylation is 2. The number of piperidine rings is 1. The quantitative estimate of drug-likeness (QED) is 0.487. The highest BCUT2D eigenvalue weighted by atomic mass is 32.2. The summed E-state index contributed by atoms with van der Waals surface area (Å²) in [4.78, 5) is 41.7. The Hall–Kier alpha value is -3.35. The number of nitrogens with zero attached hydrogens (tertiary/aromatic N) is 4. The summed E-state index contributed by atoms with van der Waals surface area (Å²) < 4.78 is 29.1. The highest BCUT2D eigenvalue weighted by Gasteiger charge is 2.32. The zero-order chi connectivity index (χ0) is 28.8. The molecule has 10 nitrogen and oxygen atoms in total. The Morgan fingerprint density at radius 2 is 1.82 bits per heavy atom. The maximum Gasteiger partial charge on any atom is 0.281 e. The van der Waals surface area contributed by atoms with Gasteiger partial charge in [0.1, 0.15) is 5.00 Å². The van der Waals surface area contributed by atoms with Gasteiger partial charge in [0.15, 0.2) is 0 Å². The van der Waals surface area contributed by atoms with E-state index in [0.717, 1.165) is 23.3 Å². The summed E-state index contributed by atoms with van der Waals surface area (Å²) in [5.74, 6) is -0.545. The van der Waals surface area contributed by atoms with Crippen LogP contribution in [-0.4, -0.2) is 64.8 Å². The lowest BCUT2D eigenvalue weighted by molar-refractivity contribution is -0.129. The number of hydrogen-bond donors (Lipinski definition) is 1. The molecule has 0 radical (unpaired) electrons. The highest BCUT2D eigenvalue weighted by Crippen LogP contribution is 2.38. The molecule has 12 heteroatoms. The van der Waals surface area contributed by atoms with Crippen LogP contribution < -0.4 is 5.32 Å². The minimum atomic E-state index is -3.64. The fraction of sp³-hybridized carbons (Fsp3) is 0.429. The van der Waals surface area contributed by atoms with Gasteiger partial charge >= 0.3 is 0 Å². The molecule has 0 saturated carbocycles. The summed E-state index contributed by atoms with van der Waals surface area (Å²) in [5.41, 5.74) is 2.85. The van der Waals surface area contributed by atoms with Gasteiger partial charge in [0.2, 0.25) is 15.9 Å². The number of rotatable bonds is 5. The minimum absolute atomic E-state index is 0.0508. The normalized spacial score (nSPS) is 17.9. The second-order valence-corrected chi connectivity index (χ2v) is 13.7. The summed E-state index contributed by atoms with van der Waals surface area (Å²) in [6.07, 6.45) is 2.33. The third-order valence-corrected chi connectivity index (χ3v) is 10.5. The average molecular weight is 584 g/mol. The van der Waals surface area contributed by atoms with E-state index >= 15 is 0 Å². The molecule has 2 aliphatic rings. The Bertz CT molecular complexity index is 1590. The first-order valence-electron chi connectivity index (χ1n) is 13.3. The van der Waals surface area contributed by atoms with Gasteiger partial charge in [-0.05, 0) is 74.9 Å². The number of carbonyl (C=O) groups is 3. The molecule has 0 spiro atoms. The minimum Gasteiger partial charge on any atom is -0.337 e. The maximum atomic E-state index is 13.7. The molecule has 5 rings (SSSR count). The lowest BCUT2D eigenvalue weighted by Crippen LogP contribution is -2.39. The Morgan fingerprint density at radius 3 is 2.45 bits per heavy atom. The molecule has 2 aliphatic heterocycles. The number of amides is 2. The molecule has 1 atom stereocenters. The number of sulfonamides is 1. The SMILES string of the molecule is CC(=O)N1CCc2c(sc(NC(=O)c3ccc(S(=O)(=O)N4CCCC(C)C4)cc3)c2C(=O)n2nc(C)cc2C)C1. The van der Waals surface area contributed by atoms with Crippen molar-refractivity contribution in [1.29, 1.82) is 0 Å². The number of fused-ring (bicyclic) bond motifs is 1. The third-order valence-electron chi connectivity index (χ3n) is 7.52. The van der Waals surface area contributed by atoms with Crippen molar-refractivity contribution in [3.05, 3.63) is 63.3 Å². The van der Waals surface area contributed by atoms with E-state index < -0.39 is 15.9 Å². The van der Waals surface area contributed by atoms with Gasteiger partial charge < -0.3 is 10.2 Å². The van der Waals surface area contributed by atoms with E-state index in [2.05, 4.69) is 10.4 Å². The first kappa shape index (κ1) is 28.2. The van der Waals surface area contributed by atoms with Gasteiger partial charge in [-0.25, -0.2) is 13.1 Å². The van der Waals surface area contributed by atoms with Crippen LogP contribution in [0.3, 0.4) is 0 Å². The van der Waals surface area contributed by atoms with E-state index in [1.54, 1.807) is 11.8 Å². The lowest BCUT2D eigenvalue weighted by Gasteiger charge is -2.30. The molecule has 1 N–H and O–H groups in total. The van der Waals surface area contributed by atoms with E-state index in [1.165, 1.54) is 51.5 Å². The molecule has 40 heavy (non-hydrogen) atoms. The van der Waals surface area contributed by atoms with Crippen LogP contribution in [0.2, 0.25) is 0 Å². The van der Waals surface area contributed by atoms with Crippen LogP contribution >= 0.6 is 11.3 Å². The van der Waals surface area contributed by atoms with Crippen LogP contribution in [-0.2, 0) is 27.8 Å². The number of aromatic nitrogens is 2. The van der Waals surface area contributed by atoms with Crippen molar-refractivity contribution in [3.63, 3.8) is 0 Å². The molecular weight excluding hydrogens is 550 g/mol. The van der Waals surface area contributed by atoms with Gasteiger partial charge in [-0.3, -0.25) is 14.4 Å². The topological polar surface area (TPSA) is 122 Å². The van der Waals surface area contributed by atoms with Crippen LogP contribution in [0, 0.1) is 19.8 Å². The zero-order valence-corrected chi connectivity index (χ0v) is 24.7. The van der Waals surface area contributed by atoms with Crippen molar-refractivity contribution >= 4 is 44.1 Å². The maximum absolute atomic E-state index is 13.7. The van der Waals surface area contributed by atoms with Crippen LogP contribution in [0.15, 0.2) is 35.2 Å². The average Bonchev–Trinajstić information content (AvgIpc) is 3.45. The summed E-state index contributed by atoms with van der Waals surface area (Å²) in [7, 11) is -3.64. The second kappa shape index (κ2) is 10.9. The van der Waals surface area contributed by atoms with Gasteiger partial charge in [-0.1, -0.05) is 6.92 Å². The van der Waals surface area contributed by atoms with E-state index in [-0.39, 0.29) is 22.3 Å². The zero-order valence-electron chi connectivity index (χ0n) is 23.1.